The Kier molecular flexibility index (Phi) is 3.60. The molecule has 0 saturated carbocycles. The number of carbonyl (C=O) groups is 1. The summed E-state index contributed by atoms with van der Waals surface area (Å²) in [6.45, 7) is 4.67. The number of carbonyl (C=O) groups excluding carboxylic acids is 1. The molecular formula is C15H18N4O. The summed E-state index contributed by atoms with van der Waals surface area (Å²) in [6, 6.07) is 5.85. The molecule has 20 heavy (non-hydrogen) atoms. The van der Waals surface area contributed by atoms with Gasteiger partial charge in [0.2, 0.25) is 0 Å². The second-order valence-electron chi connectivity index (χ2n) is 5.07. The molecule has 2 heterocycles. The molecule has 0 unspecified atom stereocenters. The van der Waals surface area contributed by atoms with Gasteiger partial charge >= 0.3 is 0 Å². The van der Waals surface area contributed by atoms with Gasteiger partial charge in [0.15, 0.2) is 0 Å². The van der Waals surface area contributed by atoms with Crippen molar-refractivity contribution in [3.63, 3.8) is 0 Å². The van der Waals surface area contributed by atoms with Gasteiger partial charge in [-0.15, -0.1) is 0 Å². The summed E-state index contributed by atoms with van der Waals surface area (Å²) in [4.78, 5) is 23.1. The first-order valence-corrected chi connectivity index (χ1v) is 7.02. The largest absolute Gasteiger partial charge is 0.333 e. The molecule has 0 aliphatic carbocycles. The van der Waals surface area contributed by atoms with Gasteiger partial charge in [-0.25, -0.2) is 0 Å². The predicted molar refractivity (Wildman–Crippen MR) is 77.5 cm³/mol. The van der Waals surface area contributed by atoms with E-state index >= 15 is 0 Å². The van der Waals surface area contributed by atoms with Crippen LogP contribution in [-0.2, 0) is 0 Å². The van der Waals surface area contributed by atoms with Crippen molar-refractivity contribution in [2.24, 2.45) is 0 Å². The third-order valence-electron chi connectivity index (χ3n) is 3.64. The highest BCUT2D eigenvalue weighted by atomic mass is 16.2. The molecule has 0 radical (unpaired) electrons. The van der Waals surface area contributed by atoms with Crippen molar-refractivity contribution < 1.29 is 4.79 Å². The van der Waals surface area contributed by atoms with E-state index in [4.69, 9.17) is 0 Å². The van der Waals surface area contributed by atoms with E-state index in [2.05, 4.69) is 22.2 Å². The number of benzene rings is 1. The SMILES string of the molecule is CCCN(C(=O)c1ccc2nccnc2c1)C1CNC1. The van der Waals surface area contributed by atoms with E-state index in [0.29, 0.717) is 11.6 Å². The Hall–Kier alpha value is -2.01. The van der Waals surface area contributed by atoms with E-state index in [1.807, 2.05) is 23.1 Å². The Morgan fingerprint density at radius 3 is 2.70 bits per heavy atom. The molecule has 2 aromatic rings. The lowest BCUT2D eigenvalue weighted by atomic mass is 10.1. The Bertz CT molecular complexity index is 624. The summed E-state index contributed by atoms with van der Waals surface area (Å²) in [5.41, 5.74) is 2.27. The number of fused-ring (bicyclic) bond motifs is 1. The smallest absolute Gasteiger partial charge is 0.254 e. The zero-order valence-electron chi connectivity index (χ0n) is 11.5. The molecule has 1 amide bonds. The van der Waals surface area contributed by atoms with Crippen molar-refractivity contribution in [3.8, 4) is 0 Å². The number of aromatic nitrogens is 2. The van der Waals surface area contributed by atoms with Crippen LogP contribution in [0.25, 0.3) is 11.0 Å². The molecule has 1 fully saturated rings. The minimum atomic E-state index is 0.0888. The lowest BCUT2D eigenvalue weighted by Crippen LogP contribution is -2.59. The summed E-state index contributed by atoms with van der Waals surface area (Å²) < 4.78 is 0. The quantitative estimate of drug-likeness (QED) is 0.913. The first kappa shape index (κ1) is 13.0. The molecule has 1 aromatic heterocycles. The number of amides is 1. The third kappa shape index (κ3) is 2.36. The fourth-order valence-corrected chi connectivity index (χ4v) is 2.45. The highest BCUT2D eigenvalue weighted by Gasteiger charge is 2.28. The second kappa shape index (κ2) is 5.54. The lowest BCUT2D eigenvalue weighted by molar-refractivity contribution is 0.0616. The molecule has 5 nitrogen and oxygen atoms in total. The molecule has 1 aliphatic heterocycles. The lowest BCUT2D eigenvalue weighted by Gasteiger charge is -2.38. The van der Waals surface area contributed by atoms with Gasteiger partial charge in [0.05, 0.1) is 17.1 Å². The molecule has 5 heteroatoms. The van der Waals surface area contributed by atoms with Gasteiger partial charge < -0.3 is 10.2 Å². The Balaban J connectivity index is 1.89. The van der Waals surface area contributed by atoms with Crippen LogP contribution in [0.15, 0.2) is 30.6 Å². The van der Waals surface area contributed by atoms with Gasteiger partial charge in [0, 0.05) is 37.6 Å². The van der Waals surface area contributed by atoms with E-state index in [1.165, 1.54) is 0 Å². The van der Waals surface area contributed by atoms with Crippen LogP contribution in [-0.4, -0.2) is 46.5 Å². The summed E-state index contributed by atoms with van der Waals surface area (Å²) in [7, 11) is 0. The highest BCUT2D eigenvalue weighted by molar-refractivity contribution is 5.97. The normalized spacial score (nSPS) is 15.1. The van der Waals surface area contributed by atoms with Crippen LogP contribution in [0.5, 0.6) is 0 Å². The minimum absolute atomic E-state index is 0.0888. The van der Waals surface area contributed by atoms with Crippen molar-refractivity contribution in [1.29, 1.82) is 0 Å². The maximum atomic E-state index is 12.7. The van der Waals surface area contributed by atoms with Crippen LogP contribution in [0.1, 0.15) is 23.7 Å². The molecule has 1 saturated heterocycles. The topological polar surface area (TPSA) is 58.1 Å². The van der Waals surface area contributed by atoms with Gasteiger partial charge in [0.1, 0.15) is 0 Å². The maximum absolute atomic E-state index is 12.7. The van der Waals surface area contributed by atoms with Crippen molar-refractivity contribution in [2.75, 3.05) is 19.6 Å². The minimum Gasteiger partial charge on any atom is -0.333 e. The fourth-order valence-electron chi connectivity index (χ4n) is 2.45. The summed E-state index contributed by atoms with van der Waals surface area (Å²) in [6.07, 6.45) is 4.28. The molecule has 0 spiro atoms. The first-order valence-electron chi connectivity index (χ1n) is 7.02. The molecule has 0 bridgehead atoms. The van der Waals surface area contributed by atoms with Crippen LogP contribution < -0.4 is 5.32 Å². The van der Waals surface area contributed by atoms with Crippen molar-refractivity contribution in [3.05, 3.63) is 36.2 Å². The molecule has 3 rings (SSSR count). The summed E-state index contributed by atoms with van der Waals surface area (Å²) >= 11 is 0. The second-order valence-corrected chi connectivity index (χ2v) is 5.07. The number of hydrogen-bond donors (Lipinski definition) is 1. The first-order chi connectivity index (χ1) is 9.79. The van der Waals surface area contributed by atoms with Gasteiger partial charge in [-0.2, -0.15) is 0 Å². The van der Waals surface area contributed by atoms with E-state index in [1.54, 1.807) is 12.4 Å². The fraction of sp³-hybridized carbons (Fsp3) is 0.400. The van der Waals surface area contributed by atoms with Gasteiger partial charge in [0.25, 0.3) is 5.91 Å². The molecule has 0 atom stereocenters. The Labute approximate surface area is 118 Å². The van der Waals surface area contributed by atoms with E-state index < -0.39 is 0 Å². The zero-order valence-corrected chi connectivity index (χ0v) is 11.5. The average Bonchev–Trinajstić information content (AvgIpc) is 2.43. The van der Waals surface area contributed by atoms with Gasteiger partial charge in [-0.3, -0.25) is 14.8 Å². The Morgan fingerprint density at radius 1 is 1.30 bits per heavy atom. The van der Waals surface area contributed by atoms with E-state index in [-0.39, 0.29) is 5.91 Å². The van der Waals surface area contributed by atoms with Gasteiger partial charge in [-0.05, 0) is 24.6 Å². The zero-order chi connectivity index (χ0) is 13.9. The summed E-state index contributed by atoms with van der Waals surface area (Å²) in [5, 5.41) is 3.22. The number of nitrogens with zero attached hydrogens (tertiary/aromatic N) is 3. The van der Waals surface area contributed by atoms with Crippen LogP contribution in [0.3, 0.4) is 0 Å². The average molecular weight is 270 g/mol. The van der Waals surface area contributed by atoms with E-state index in [0.717, 1.165) is 37.1 Å². The number of nitrogens with one attached hydrogen (secondary N) is 1. The van der Waals surface area contributed by atoms with Crippen molar-refractivity contribution in [1.82, 2.24) is 20.2 Å². The van der Waals surface area contributed by atoms with Gasteiger partial charge in [-0.1, -0.05) is 6.92 Å². The molecule has 1 aromatic carbocycles. The van der Waals surface area contributed by atoms with Crippen LogP contribution >= 0.6 is 0 Å². The van der Waals surface area contributed by atoms with Crippen LogP contribution in [0, 0.1) is 0 Å². The number of hydrogen-bond acceptors (Lipinski definition) is 4. The number of rotatable bonds is 4. The molecule has 1 aliphatic rings. The van der Waals surface area contributed by atoms with Crippen LogP contribution in [0.2, 0.25) is 0 Å². The van der Waals surface area contributed by atoms with Crippen LogP contribution in [0.4, 0.5) is 0 Å². The van der Waals surface area contributed by atoms with Crippen molar-refractivity contribution >= 4 is 16.9 Å². The van der Waals surface area contributed by atoms with E-state index in [9.17, 15) is 4.79 Å². The molecule has 104 valence electrons. The summed E-state index contributed by atoms with van der Waals surface area (Å²) in [5.74, 6) is 0.0888. The highest BCUT2D eigenvalue weighted by Crippen LogP contribution is 2.16. The van der Waals surface area contributed by atoms with Crippen molar-refractivity contribution in [2.45, 2.75) is 19.4 Å². The Morgan fingerprint density at radius 2 is 2.05 bits per heavy atom. The molecule has 1 N–H and O–H groups in total. The third-order valence-corrected chi connectivity index (χ3v) is 3.64. The monoisotopic (exact) mass is 270 g/mol. The molecular weight excluding hydrogens is 252 g/mol. The maximum Gasteiger partial charge on any atom is 0.254 e. The predicted octanol–water partition coefficient (Wildman–Crippen LogP) is 1.45. The standard InChI is InChI=1S/C15H18N4O/c1-2-7-19(12-9-16-10-12)15(20)11-3-4-13-14(8-11)18-6-5-17-13/h3-6,8,12,16H,2,7,9-10H2,1H3.